The van der Waals surface area contributed by atoms with Gasteiger partial charge in [0.15, 0.2) is 0 Å². The molecule has 6 nitrogen and oxygen atoms in total. The zero-order chi connectivity index (χ0) is 17.2. The van der Waals surface area contributed by atoms with Crippen LogP contribution in [0.3, 0.4) is 0 Å². The number of amides is 2. The summed E-state index contributed by atoms with van der Waals surface area (Å²) in [6, 6.07) is 6.60. The molecule has 23 heavy (non-hydrogen) atoms. The van der Waals surface area contributed by atoms with Gasteiger partial charge in [0.1, 0.15) is 11.9 Å². The molecule has 118 valence electrons. The molecule has 0 saturated heterocycles. The summed E-state index contributed by atoms with van der Waals surface area (Å²) in [6.07, 6.45) is -4.51. The van der Waals surface area contributed by atoms with Crippen LogP contribution in [-0.4, -0.2) is 23.0 Å². The summed E-state index contributed by atoms with van der Waals surface area (Å²) in [6.45, 7) is 0. The van der Waals surface area contributed by atoms with Gasteiger partial charge >= 0.3 is 12.2 Å². The van der Waals surface area contributed by atoms with Crippen molar-refractivity contribution in [3.63, 3.8) is 0 Å². The van der Waals surface area contributed by atoms with Crippen LogP contribution in [0.4, 0.5) is 23.8 Å². The minimum atomic E-state index is -4.51. The van der Waals surface area contributed by atoms with Crippen molar-refractivity contribution < 1.29 is 18.0 Å². The lowest BCUT2D eigenvalue weighted by Gasteiger charge is -2.14. The number of nitrogens with zero attached hydrogens (tertiary/aromatic N) is 4. The Bertz CT molecular complexity index is 798. The van der Waals surface area contributed by atoms with Crippen LogP contribution >= 0.6 is 0 Å². The second-order valence-electron chi connectivity index (χ2n) is 4.52. The zero-order valence-corrected chi connectivity index (χ0v) is 11.8. The fraction of sp³-hybridized carbons (Fsp3) is 0.143. The lowest BCUT2D eigenvalue weighted by atomic mass is 10.1. The third-order valence-electron chi connectivity index (χ3n) is 2.97. The minimum absolute atomic E-state index is 0.0106. The molecule has 1 aromatic carbocycles. The molecule has 0 aliphatic carbocycles. The Labute approximate surface area is 129 Å². The summed E-state index contributed by atoms with van der Waals surface area (Å²) in [5, 5.41) is 8.95. The van der Waals surface area contributed by atoms with Crippen LogP contribution in [0, 0.1) is 11.3 Å². The number of halogens is 3. The Morgan fingerprint density at radius 2 is 2.00 bits per heavy atom. The fourth-order valence-corrected chi connectivity index (χ4v) is 1.77. The van der Waals surface area contributed by atoms with Crippen molar-refractivity contribution >= 4 is 11.8 Å². The van der Waals surface area contributed by atoms with E-state index in [9.17, 15) is 18.0 Å². The molecule has 0 saturated carbocycles. The first kappa shape index (κ1) is 16.2. The first-order valence-corrected chi connectivity index (χ1v) is 6.22. The minimum Gasteiger partial charge on any atom is -0.351 e. The van der Waals surface area contributed by atoms with E-state index in [0.29, 0.717) is 0 Å². The molecule has 0 aliphatic heterocycles. The predicted octanol–water partition coefficient (Wildman–Crippen LogP) is 2.55. The first-order chi connectivity index (χ1) is 10.7. The van der Waals surface area contributed by atoms with Gasteiger partial charge in [-0.1, -0.05) is 12.1 Å². The fourth-order valence-electron chi connectivity index (χ4n) is 1.77. The summed E-state index contributed by atoms with van der Waals surface area (Å²) in [4.78, 5) is 19.8. The van der Waals surface area contributed by atoms with E-state index in [0.717, 1.165) is 17.0 Å². The van der Waals surface area contributed by atoms with E-state index < -0.39 is 17.8 Å². The van der Waals surface area contributed by atoms with E-state index in [4.69, 9.17) is 11.0 Å². The van der Waals surface area contributed by atoms with Crippen LogP contribution in [0.15, 0.2) is 30.3 Å². The Kier molecular flexibility index (Phi) is 4.18. The molecule has 0 radical (unpaired) electrons. The van der Waals surface area contributed by atoms with Gasteiger partial charge < -0.3 is 5.73 Å². The average Bonchev–Trinajstić information content (AvgIpc) is 2.52. The number of alkyl halides is 3. The van der Waals surface area contributed by atoms with Crippen molar-refractivity contribution in [3.8, 4) is 17.3 Å². The molecule has 2 N–H and O–H groups in total. The van der Waals surface area contributed by atoms with Crippen LogP contribution in [-0.2, 0) is 6.18 Å². The van der Waals surface area contributed by atoms with Crippen molar-refractivity contribution in [2.75, 3.05) is 11.9 Å². The number of urea groups is 1. The van der Waals surface area contributed by atoms with Crippen molar-refractivity contribution in [2.45, 2.75) is 6.18 Å². The number of carbonyl (C=O) groups is 1. The van der Waals surface area contributed by atoms with Crippen molar-refractivity contribution in [2.24, 2.45) is 5.73 Å². The molecular formula is C14H10F3N5O. The maximum atomic E-state index is 12.8. The van der Waals surface area contributed by atoms with Gasteiger partial charge in [-0.2, -0.15) is 18.4 Å². The number of nitriles is 1. The van der Waals surface area contributed by atoms with Gasteiger partial charge in [-0.05, 0) is 12.1 Å². The second kappa shape index (κ2) is 5.92. The maximum Gasteiger partial charge on any atom is 0.416 e. The van der Waals surface area contributed by atoms with Gasteiger partial charge in [0.25, 0.3) is 0 Å². The van der Waals surface area contributed by atoms with E-state index >= 15 is 0 Å². The van der Waals surface area contributed by atoms with Gasteiger partial charge in [0.2, 0.25) is 5.82 Å². The maximum absolute atomic E-state index is 12.8. The van der Waals surface area contributed by atoms with Crippen LogP contribution in [0.25, 0.3) is 11.3 Å². The number of carbonyl (C=O) groups excluding carboxylic acids is 1. The molecule has 2 aromatic rings. The Hall–Kier alpha value is -3.15. The Morgan fingerprint density at radius 1 is 1.30 bits per heavy atom. The van der Waals surface area contributed by atoms with Crippen molar-refractivity contribution in [3.05, 3.63) is 41.7 Å². The number of aromatic nitrogens is 2. The first-order valence-electron chi connectivity index (χ1n) is 6.22. The lowest BCUT2D eigenvalue weighted by Crippen LogP contribution is -2.32. The molecule has 2 amide bonds. The molecule has 1 aromatic heterocycles. The average molecular weight is 321 g/mol. The molecule has 9 heteroatoms. The highest BCUT2D eigenvalue weighted by Gasteiger charge is 2.30. The summed E-state index contributed by atoms with van der Waals surface area (Å²) in [7, 11) is 1.32. The van der Waals surface area contributed by atoms with E-state index in [2.05, 4.69) is 9.97 Å². The number of primary amides is 1. The number of hydrogen-bond donors (Lipinski definition) is 1. The normalized spacial score (nSPS) is 10.9. The highest BCUT2D eigenvalue weighted by molar-refractivity contribution is 5.89. The standard InChI is InChI=1S/C14H10F3N5O/c1-22(13(19)23)12-6-10(20-11(7-18)21-12)8-3-2-4-9(5-8)14(15,16)17/h2-6H,1H3,(H2,19,23). The molecule has 0 aliphatic rings. The highest BCUT2D eigenvalue weighted by Crippen LogP contribution is 2.32. The quantitative estimate of drug-likeness (QED) is 0.919. The van der Waals surface area contributed by atoms with Crippen LogP contribution in [0.2, 0.25) is 0 Å². The Balaban J connectivity index is 2.58. The number of rotatable bonds is 2. The van der Waals surface area contributed by atoms with Gasteiger partial charge in [0.05, 0.1) is 11.3 Å². The molecular weight excluding hydrogens is 311 g/mol. The van der Waals surface area contributed by atoms with Crippen molar-refractivity contribution in [1.82, 2.24) is 9.97 Å². The predicted molar refractivity (Wildman–Crippen MR) is 75.2 cm³/mol. The zero-order valence-electron chi connectivity index (χ0n) is 11.8. The SMILES string of the molecule is CN(C(N)=O)c1cc(-c2cccc(C(F)(F)F)c2)nc(C#N)n1. The molecule has 0 atom stereocenters. The number of benzene rings is 1. The second-order valence-corrected chi connectivity index (χ2v) is 4.52. The third-order valence-corrected chi connectivity index (χ3v) is 2.97. The lowest BCUT2D eigenvalue weighted by molar-refractivity contribution is -0.137. The summed E-state index contributed by atoms with van der Waals surface area (Å²) >= 11 is 0. The third kappa shape index (κ3) is 3.55. The molecule has 2 rings (SSSR count). The van der Waals surface area contributed by atoms with E-state index in [1.807, 2.05) is 0 Å². The Morgan fingerprint density at radius 3 is 2.57 bits per heavy atom. The van der Waals surface area contributed by atoms with E-state index in [1.165, 1.54) is 25.2 Å². The molecule has 1 heterocycles. The molecule has 0 bridgehead atoms. The summed E-state index contributed by atoms with van der Waals surface area (Å²) in [5.74, 6) is -0.278. The smallest absolute Gasteiger partial charge is 0.351 e. The van der Waals surface area contributed by atoms with Gasteiger partial charge in [-0.15, -0.1) is 0 Å². The molecule has 0 spiro atoms. The van der Waals surface area contributed by atoms with Crippen LogP contribution in [0.5, 0.6) is 0 Å². The highest BCUT2D eigenvalue weighted by atomic mass is 19.4. The van der Waals surface area contributed by atoms with Crippen molar-refractivity contribution in [1.29, 1.82) is 5.26 Å². The molecule has 0 fully saturated rings. The number of hydrogen-bond acceptors (Lipinski definition) is 4. The molecule has 0 unspecified atom stereocenters. The van der Waals surface area contributed by atoms with Gasteiger partial charge in [0, 0.05) is 18.7 Å². The van der Waals surface area contributed by atoms with Crippen LogP contribution in [0.1, 0.15) is 11.4 Å². The number of anilines is 1. The van der Waals surface area contributed by atoms with Gasteiger partial charge in [-0.3, -0.25) is 4.90 Å². The topological polar surface area (TPSA) is 95.9 Å². The van der Waals surface area contributed by atoms with E-state index in [-0.39, 0.29) is 22.9 Å². The van der Waals surface area contributed by atoms with Crippen LogP contribution < -0.4 is 10.6 Å². The summed E-state index contributed by atoms with van der Waals surface area (Å²) < 4.78 is 38.4. The largest absolute Gasteiger partial charge is 0.416 e. The number of nitrogens with two attached hydrogens (primary N) is 1. The van der Waals surface area contributed by atoms with E-state index in [1.54, 1.807) is 6.07 Å². The summed E-state index contributed by atoms with van der Waals surface area (Å²) in [5.41, 5.74) is 4.49. The van der Waals surface area contributed by atoms with Gasteiger partial charge in [-0.25, -0.2) is 14.8 Å². The monoisotopic (exact) mass is 321 g/mol.